The molecule has 0 bridgehead atoms. The number of benzene rings is 2. The number of H-pyrrole nitrogens is 1. The molecule has 4 heteroatoms. The Morgan fingerprint density at radius 2 is 1.96 bits per heavy atom. The summed E-state index contributed by atoms with van der Waals surface area (Å²) >= 11 is 0. The summed E-state index contributed by atoms with van der Waals surface area (Å²) in [5, 5.41) is 0.702. The number of likely N-dealkylation sites (tertiary alicyclic amines) is 1. The van der Waals surface area contributed by atoms with E-state index in [0.717, 1.165) is 48.1 Å². The van der Waals surface area contributed by atoms with E-state index in [-0.39, 0.29) is 5.43 Å². The minimum atomic E-state index is 0.130. The number of quaternary nitrogens is 1. The molecular weight excluding hydrogens is 336 g/mol. The molecule has 1 saturated heterocycles. The highest BCUT2D eigenvalue weighted by Gasteiger charge is 2.22. The van der Waals surface area contributed by atoms with Crippen LogP contribution in [-0.2, 0) is 6.54 Å². The van der Waals surface area contributed by atoms with E-state index in [1.165, 1.54) is 17.7 Å². The van der Waals surface area contributed by atoms with Crippen LogP contribution in [0.5, 0.6) is 11.5 Å². The van der Waals surface area contributed by atoms with Crippen molar-refractivity contribution >= 4 is 10.9 Å². The zero-order valence-electron chi connectivity index (χ0n) is 16.0. The lowest BCUT2D eigenvalue weighted by Gasteiger charge is -2.28. The fourth-order valence-electron chi connectivity index (χ4n) is 4.14. The van der Waals surface area contributed by atoms with Crippen LogP contribution in [0.2, 0.25) is 0 Å². The van der Waals surface area contributed by atoms with Gasteiger partial charge in [0.1, 0.15) is 18.0 Å². The number of nitrogens with one attached hydrogen (secondary N) is 2. The van der Waals surface area contributed by atoms with Crippen molar-refractivity contribution in [2.45, 2.75) is 33.2 Å². The van der Waals surface area contributed by atoms with Crippen LogP contribution in [0.25, 0.3) is 10.9 Å². The van der Waals surface area contributed by atoms with E-state index in [1.807, 2.05) is 55.5 Å². The first kappa shape index (κ1) is 17.8. The molecule has 1 aliphatic rings. The maximum atomic E-state index is 13.2. The monoisotopic (exact) mass is 363 g/mol. The first-order chi connectivity index (χ1) is 13.1. The molecule has 2 aromatic carbocycles. The van der Waals surface area contributed by atoms with E-state index >= 15 is 0 Å². The molecule has 1 aromatic heterocycles. The molecule has 0 radical (unpaired) electrons. The number of piperidine rings is 1. The van der Waals surface area contributed by atoms with E-state index in [2.05, 4.69) is 11.9 Å². The number of hydrogen-bond donors (Lipinski definition) is 2. The fraction of sp³-hybridized carbons (Fsp3) is 0.348. The topological polar surface area (TPSA) is 46.5 Å². The van der Waals surface area contributed by atoms with Crippen LogP contribution in [0.15, 0.2) is 53.3 Å². The minimum absolute atomic E-state index is 0.130. The van der Waals surface area contributed by atoms with Gasteiger partial charge in [0.05, 0.1) is 18.7 Å². The summed E-state index contributed by atoms with van der Waals surface area (Å²) in [6, 6.07) is 15.4. The summed E-state index contributed by atoms with van der Waals surface area (Å²) in [5.74, 6) is 2.19. The van der Waals surface area contributed by atoms with Gasteiger partial charge in [0, 0.05) is 22.5 Å². The van der Waals surface area contributed by atoms with Crippen molar-refractivity contribution in [3.63, 3.8) is 0 Å². The third-order valence-electron chi connectivity index (χ3n) is 5.55. The van der Waals surface area contributed by atoms with Crippen LogP contribution in [0.4, 0.5) is 0 Å². The predicted octanol–water partition coefficient (Wildman–Crippen LogP) is 3.44. The lowest BCUT2D eigenvalue weighted by atomic mass is 9.99. The summed E-state index contributed by atoms with van der Waals surface area (Å²) in [5.41, 5.74) is 2.88. The summed E-state index contributed by atoms with van der Waals surface area (Å²) < 4.78 is 5.92. The predicted molar refractivity (Wildman–Crippen MR) is 109 cm³/mol. The van der Waals surface area contributed by atoms with Crippen molar-refractivity contribution < 1.29 is 9.64 Å². The number of para-hydroxylation sites is 1. The van der Waals surface area contributed by atoms with E-state index in [9.17, 15) is 4.79 Å². The summed E-state index contributed by atoms with van der Waals surface area (Å²) in [6.07, 6.45) is 2.55. The molecule has 0 saturated carbocycles. The number of hydrogen-bond acceptors (Lipinski definition) is 2. The highest BCUT2D eigenvalue weighted by molar-refractivity contribution is 5.81. The Hall–Kier alpha value is -2.59. The highest BCUT2D eigenvalue weighted by Crippen LogP contribution is 2.24. The molecule has 0 amide bonds. The standard InChI is InChI=1S/C23H26N2O2/c1-16-7-6-12-25(14-16)15-21-17(2)24-22-11-10-19(13-20(22)23(21)26)27-18-8-4-3-5-9-18/h3-5,8-11,13,16H,6-7,12,14-15H2,1-2H3,(H,24,26)/p+1/t16-/m1/s1. The Morgan fingerprint density at radius 1 is 1.15 bits per heavy atom. The molecular formula is C23H27N2O2+. The maximum Gasteiger partial charge on any atom is 0.198 e. The van der Waals surface area contributed by atoms with Gasteiger partial charge in [0.25, 0.3) is 0 Å². The number of ether oxygens (including phenoxy) is 1. The van der Waals surface area contributed by atoms with Gasteiger partial charge in [-0.1, -0.05) is 25.1 Å². The molecule has 2 atom stereocenters. The summed E-state index contributed by atoms with van der Waals surface area (Å²) in [7, 11) is 0. The lowest BCUT2D eigenvalue weighted by molar-refractivity contribution is -0.922. The van der Waals surface area contributed by atoms with Crippen LogP contribution < -0.4 is 15.1 Å². The van der Waals surface area contributed by atoms with Gasteiger partial charge in [-0.05, 0) is 50.1 Å². The Bertz CT molecular complexity index is 994. The number of fused-ring (bicyclic) bond motifs is 1. The minimum Gasteiger partial charge on any atom is -0.457 e. The van der Waals surface area contributed by atoms with E-state index in [4.69, 9.17) is 4.74 Å². The SMILES string of the molecule is Cc1[nH]c2ccc(Oc3ccccc3)cc2c(=O)c1C[NH+]1CCC[C@@H](C)C1. The zero-order valence-corrected chi connectivity index (χ0v) is 16.0. The molecule has 2 N–H and O–H groups in total. The molecule has 4 nitrogen and oxygen atoms in total. The Labute approximate surface area is 159 Å². The average molecular weight is 363 g/mol. The molecule has 1 fully saturated rings. The van der Waals surface area contributed by atoms with Crippen molar-refractivity contribution in [2.75, 3.05) is 13.1 Å². The fourth-order valence-corrected chi connectivity index (χ4v) is 4.14. The average Bonchev–Trinajstić information content (AvgIpc) is 2.67. The third-order valence-corrected chi connectivity index (χ3v) is 5.55. The molecule has 140 valence electrons. The second-order valence-corrected chi connectivity index (χ2v) is 7.81. The van der Waals surface area contributed by atoms with Gasteiger partial charge in [0.15, 0.2) is 5.43 Å². The van der Waals surface area contributed by atoms with E-state index < -0.39 is 0 Å². The van der Waals surface area contributed by atoms with Crippen molar-refractivity contribution in [3.05, 3.63) is 70.0 Å². The zero-order chi connectivity index (χ0) is 18.8. The van der Waals surface area contributed by atoms with Gasteiger partial charge in [-0.2, -0.15) is 0 Å². The van der Waals surface area contributed by atoms with Crippen molar-refractivity contribution in [1.29, 1.82) is 0 Å². The van der Waals surface area contributed by atoms with Crippen LogP contribution >= 0.6 is 0 Å². The van der Waals surface area contributed by atoms with Crippen molar-refractivity contribution in [2.24, 2.45) is 5.92 Å². The maximum absolute atomic E-state index is 13.2. The third kappa shape index (κ3) is 3.91. The largest absolute Gasteiger partial charge is 0.457 e. The van der Waals surface area contributed by atoms with E-state index in [0.29, 0.717) is 11.1 Å². The molecule has 1 aliphatic heterocycles. The number of pyridine rings is 1. The Morgan fingerprint density at radius 3 is 2.74 bits per heavy atom. The van der Waals surface area contributed by atoms with Crippen molar-refractivity contribution in [1.82, 2.24) is 4.98 Å². The van der Waals surface area contributed by atoms with Crippen LogP contribution in [0.3, 0.4) is 0 Å². The van der Waals surface area contributed by atoms with Crippen molar-refractivity contribution in [3.8, 4) is 11.5 Å². The number of aromatic amines is 1. The van der Waals surface area contributed by atoms with Gasteiger partial charge in [0.2, 0.25) is 0 Å². The molecule has 27 heavy (non-hydrogen) atoms. The second-order valence-electron chi connectivity index (χ2n) is 7.81. The molecule has 0 spiro atoms. The van der Waals surface area contributed by atoms with Crippen LogP contribution in [0, 0.1) is 12.8 Å². The Balaban J connectivity index is 1.67. The Kier molecular flexibility index (Phi) is 4.99. The molecule has 1 unspecified atom stereocenters. The first-order valence-electron chi connectivity index (χ1n) is 9.82. The molecule has 0 aliphatic carbocycles. The van der Waals surface area contributed by atoms with Gasteiger partial charge >= 0.3 is 0 Å². The van der Waals surface area contributed by atoms with Gasteiger partial charge in [-0.3, -0.25) is 4.79 Å². The molecule has 2 heterocycles. The highest BCUT2D eigenvalue weighted by atomic mass is 16.5. The number of aromatic nitrogens is 1. The van der Waals surface area contributed by atoms with Gasteiger partial charge < -0.3 is 14.6 Å². The van der Waals surface area contributed by atoms with Crippen LogP contribution in [0.1, 0.15) is 31.0 Å². The number of aryl methyl sites for hydroxylation is 1. The van der Waals surface area contributed by atoms with Crippen LogP contribution in [-0.4, -0.2) is 18.1 Å². The molecule has 4 rings (SSSR count). The number of rotatable bonds is 4. The lowest BCUT2D eigenvalue weighted by Crippen LogP contribution is -3.12. The second kappa shape index (κ2) is 7.57. The van der Waals surface area contributed by atoms with Gasteiger partial charge in [-0.25, -0.2) is 0 Å². The summed E-state index contributed by atoms with van der Waals surface area (Å²) in [4.78, 5) is 18.2. The summed E-state index contributed by atoms with van der Waals surface area (Å²) in [6.45, 7) is 7.42. The first-order valence-corrected chi connectivity index (χ1v) is 9.82. The molecule has 3 aromatic rings. The van der Waals surface area contributed by atoms with Gasteiger partial charge in [-0.15, -0.1) is 0 Å². The smallest absolute Gasteiger partial charge is 0.198 e. The normalized spacial score (nSPS) is 19.9. The van der Waals surface area contributed by atoms with E-state index in [1.54, 1.807) is 0 Å². The quantitative estimate of drug-likeness (QED) is 0.746.